The lowest BCUT2D eigenvalue weighted by atomic mass is 10.2. The monoisotopic (exact) mass is 464 g/mol. The summed E-state index contributed by atoms with van der Waals surface area (Å²) in [7, 11) is -2.30. The number of carbonyl (C=O) groups is 1. The highest BCUT2D eigenvalue weighted by Crippen LogP contribution is 2.35. The molecule has 0 aliphatic carbocycles. The topological polar surface area (TPSA) is 76.2 Å². The van der Waals surface area contributed by atoms with Gasteiger partial charge in [0, 0.05) is 23.7 Å². The first kappa shape index (κ1) is 20.9. The minimum absolute atomic E-state index is 0.210. The molecule has 0 bridgehead atoms. The van der Waals surface area contributed by atoms with Gasteiger partial charge in [0.15, 0.2) is 11.5 Å². The number of ether oxygens (including phenoxy) is 2. The lowest BCUT2D eigenvalue weighted by molar-refractivity contribution is -0.118. The zero-order valence-electron chi connectivity index (χ0n) is 16.2. The van der Waals surface area contributed by atoms with Gasteiger partial charge in [0.25, 0.3) is 10.0 Å². The first-order valence-corrected chi connectivity index (χ1v) is 12.4. The van der Waals surface area contributed by atoms with Crippen molar-refractivity contribution in [2.75, 3.05) is 31.7 Å². The Hall–Kier alpha value is -2.40. The summed E-state index contributed by atoms with van der Waals surface area (Å²) < 4.78 is 38.0. The molecule has 0 fully saturated rings. The number of sulfonamides is 1. The van der Waals surface area contributed by atoms with Gasteiger partial charge in [-0.1, -0.05) is 12.1 Å². The van der Waals surface area contributed by atoms with Crippen LogP contribution in [0.15, 0.2) is 57.4 Å². The normalized spacial score (nSPS) is 13.4. The van der Waals surface area contributed by atoms with Crippen molar-refractivity contribution in [1.29, 1.82) is 0 Å². The molecule has 0 saturated carbocycles. The molecular formula is C20H20N2O5S3. The van der Waals surface area contributed by atoms with E-state index in [1.54, 1.807) is 34.5 Å². The molecule has 0 N–H and O–H groups in total. The molecule has 1 aliphatic rings. The van der Waals surface area contributed by atoms with Crippen LogP contribution in [-0.4, -0.2) is 45.4 Å². The highest BCUT2D eigenvalue weighted by atomic mass is 32.2. The average Bonchev–Trinajstić information content (AvgIpc) is 3.46. The van der Waals surface area contributed by atoms with Crippen molar-refractivity contribution in [3.05, 3.63) is 58.1 Å². The molecule has 3 heterocycles. The molecule has 30 heavy (non-hydrogen) atoms. The summed E-state index contributed by atoms with van der Waals surface area (Å²) >= 11 is 2.66. The van der Waals surface area contributed by atoms with Gasteiger partial charge in [-0.15, -0.1) is 22.7 Å². The molecule has 0 unspecified atom stereocenters. The molecule has 0 spiro atoms. The van der Waals surface area contributed by atoms with Crippen molar-refractivity contribution < 1.29 is 22.7 Å². The SMILES string of the molecule is CN(CC(=O)N(Cc1cccs1)c1ccc2c(c1)OCCO2)S(=O)(=O)c1cccs1. The van der Waals surface area contributed by atoms with Crippen molar-refractivity contribution in [1.82, 2.24) is 4.31 Å². The molecule has 7 nitrogen and oxygen atoms in total. The van der Waals surface area contributed by atoms with Gasteiger partial charge in [-0.2, -0.15) is 4.31 Å². The number of benzene rings is 1. The molecular weight excluding hydrogens is 444 g/mol. The van der Waals surface area contributed by atoms with E-state index < -0.39 is 10.0 Å². The van der Waals surface area contributed by atoms with Crippen LogP contribution in [0.25, 0.3) is 0 Å². The molecule has 4 rings (SSSR count). The fourth-order valence-electron chi connectivity index (χ4n) is 3.01. The van der Waals surface area contributed by atoms with E-state index in [4.69, 9.17) is 9.47 Å². The second-order valence-electron chi connectivity index (χ2n) is 6.58. The van der Waals surface area contributed by atoms with Crippen molar-refractivity contribution in [3.8, 4) is 11.5 Å². The second kappa shape index (κ2) is 8.76. The summed E-state index contributed by atoms with van der Waals surface area (Å²) in [5, 5.41) is 3.63. The van der Waals surface area contributed by atoms with Crippen LogP contribution in [0.2, 0.25) is 0 Å². The quantitative estimate of drug-likeness (QED) is 0.535. The Morgan fingerprint density at radius 3 is 2.47 bits per heavy atom. The fourth-order valence-corrected chi connectivity index (χ4v) is 6.02. The Bertz CT molecular complexity index is 1110. The van der Waals surface area contributed by atoms with E-state index in [0.717, 1.165) is 20.5 Å². The highest BCUT2D eigenvalue weighted by molar-refractivity contribution is 7.91. The molecule has 1 aromatic carbocycles. The average molecular weight is 465 g/mol. The molecule has 2 aromatic heterocycles. The van der Waals surface area contributed by atoms with E-state index in [1.807, 2.05) is 17.5 Å². The minimum Gasteiger partial charge on any atom is -0.486 e. The Morgan fingerprint density at radius 1 is 1.03 bits per heavy atom. The molecule has 1 amide bonds. The number of hydrogen-bond acceptors (Lipinski definition) is 7. The summed E-state index contributed by atoms with van der Waals surface area (Å²) in [6, 6.07) is 12.4. The van der Waals surface area contributed by atoms with E-state index in [1.165, 1.54) is 24.5 Å². The predicted molar refractivity (Wildman–Crippen MR) is 117 cm³/mol. The largest absolute Gasteiger partial charge is 0.486 e. The maximum absolute atomic E-state index is 13.2. The van der Waals surface area contributed by atoms with E-state index >= 15 is 0 Å². The summed E-state index contributed by atoms with van der Waals surface area (Å²) in [6.07, 6.45) is 0. The Kier molecular flexibility index (Phi) is 6.09. The first-order valence-electron chi connectivity index (χ1n) is 9.17. The fraction of sp³-hybridized carbons (Fsp3) is 0.250. The van der Waals surface area contributed by atoms with Crippen LogP contribution in [-0.2, 0) is 21.4 Å². The van der Waals surface area contributed by atoms with Crippen LogP contribution in [0.3, 0.4) is 0 Å². The van der Waals surface area contributed by atoms with Crippen LogP contribution in [0.1, 0.15) is 4.88 Å². The summed E-state index contributed by atoms with van der Waals surface area (Å²) in [4.78, 5) is 15.8. The van der Waals surface area contributed by atoms with Gasteiger partial charge in [0.2, 0.25) is 5.91 Å². The minimum atomic E-state index is -3.72. The van der Waals surface area contributed by atoms with E-state index in [2.05, 4.69) is 0 Å². The van der Waals surface area contributed by atoms with Crippen LogP contribution in [0.5, 0.6) is 11.5 Å². The Labute approximate surface area is 183 Å². The number of rotatable bonds is 7. The van der Waals surface area contributed by atoms with Crippen LogP contribution in [0, 0.1) is 0 Å². The molecule has 1 aliphatic heterocycles. The smallest absolute Gasteiger partial charge is 0.252 e. The van der Waals surface area contributed by atoms with Gasteiger partial charge < -0.3 is 14.4 Å². The third-order valence-electron chi connectivity index (χ3n) is 4.55. The highest BCUT2D eigenvalue weighted by Gasteiger charge is 2.27. The lowest BCUT2D eigenvalue weighted by Gasteiger charge is -2.26. The molecule has 10 heteroatoms. The number of fused-ring (bicyclic) bond motifs is 1. The number of thiophene rings is 2. The van der Waals surface area contributed by atoms with E-state index in [0.29, 0.717) is 36.9 Å². The number of nitrogens with zero attached hydrogens (tertiary/aromatic N) is 2. The molecule has 0 radical (unpaired) electrons. The van der Waals surface area contributed by atoms with Gasteiger partial charge in [0.1, 0.15) is 17.4 Å². The van der Waals surface area contributed by atoms with Gasteiger partial charge in [-0.3, -0.25) is 4.79 Å². The molecule has 0 atom stereocenters. The maximum atomic E-state index is 13.2. The second-order valence-corrected chi connectivity index (χ2v) is 10.8. The standard InChI is InChI=1S/C20H20N2O5S3/c1-21(30(24,25)20-5-3-11-29-20)14-19(23)22(13-16-4-2-10-28-16)15-6-7-17-18(12-15)27-9-8-26-17/h2-7,10-12H,8-9,13-14H2,1H3. The van der Waals surface area contributed by atoms with Crippen molar-refractivity contribution in [2.24, 2.45) is 0 Å². The van der Waals surface area contributed by atoms with Crippen LogP contribution >= 0.6 is 22.7 Å². The Balaban J connectivity index is 1.60. The van der Waals surface area contributed by atoms with E-state index in [9.17, 15) is 13.2 Å². The number of carbonyl (C=O) groups excluding carboxylic acids is 1. The third kappa shape index (κ3) is 4.36. The number of anilines is 1. The van der Waals surface area contributed by atoms with E-state index in [-0.39, 0.29) is 16.7 Å². The predicted octanol–water partition coefficient (Wildman–Crippen LogP) is 3.43. The molecule has 158 valence electrons. The van der Waals surface area contributed by atoms with Gasteiger partial charge >= 0.3 is 0 Å². The summed E-state index contributed by atoms with van der Waals surface area (Å²) in [5.74, 6) is 0.871. The first-order chi connectivity index (χ1) is 14.4. The van der Waals surface area contributed by atoms with Crippen LogP contribution < -0.4 is 14.4 Å². The van der Waals surface area contributed by atoms with Gasteiger partial charge in [-0.25, -0.2) is 8.42 Å². The maximum Gasteiger partial charge on any atom is 0.252 e. The van der Waals surface area contributed by atoms with Crippen LogP contribution in [0.4, 0.5) is 5.69 Å². The van der Waals surface area contributed by atoms with Crippen molar-refractivity contribution in [2.45, 2.75) is 10.8 Å². The molecule has 3 aromatic rings. The zero-order chi connectivity index (χ0) is 21.1. The zero-order valence-corrected chi connectivity index (χ0v) is 18.6. The van der Waals surface area contributed by atoms with Gasteiger partial charge in [-0.05, 0) is 35.0 Å². The number of hydrogen-bond donors (Lipinski definition) is 0. The van der Waals surface area contributed by atoms with Crippen molar-refractivity contribution >= 4 is 44.3 Å². The summed E-state index contributed by atoms with van der Waals surface area (Å²) in [5.41, 5.74) is 0.625. The number of likely N-dealkylation sites (N-methyl/N-ethyl adjacent to an activating group) is 1. The lowest BCUT2D eigenvalue weighted by Crippen LogP contribution is -2.40. The third-order valence-corrected chi connectivity index (χ3v) is 8.59. The summed E-state index contributed by atoms with van der Waals surface area (Å²) in [6.45, 7) is 0.982. The van der Waals surface area contributed by atoms with Crippen molar-refractivity contribution in [3.63, 3.8) is 0 Å². The number of amides is 1. The molecule has 0 saturated heterocycles. The van der Waals surface area contributed by atoms with Gasteiger partial charge in [0.05, 0.1) is 13.1 Å². The Morgan fingerprint density at radius 2 is 1.77 bits per heavy atom.